The second-order valence-corrected chi connectivity index (χ2v) is 6.99. The van der Waals surface area contributed by atoms with Gasteiger partial charge in [0.2, 0.25) is 0 Å². The van der Waals surface area contributed by atoms with E-state index in [2.05, 4.69) is 5.32 Å². The molecule has 2 atom stereocenters. The lowest BCUT2D eigenvalue weighted by Crippen LogP contribution is -2.55. The van der Waals surface area contributed by atoms with E-state index in [-0.39, 0.29) is 18.6 Å². The van der Waals surface area contributed by atoms with E-state index in [4.69, 9.17) is 0 Å². The lowest BCUT2D eigenvalue weighted by atomic mass is 9.85. The minimum absolute atomic E-state index is 0.0768. The number of rotatable bonds is 6. The predicted octanol–water partition coefficient (Wildman–Crippen LogP) is 3.09. The number of nitrogens with one attached hydrogen (secondary N) is 1. The summed E-state index contributed by atoms with van der Waals surface area (Å²) in [7, 11) is 3.83. The Morgan fingerprint density at radius 3 is 2.12 bits per heavy atom. The lowest BCUT2D eigenvalue weighted by Gasteiger charge is -2.42. The van der Waals surface area contributed by atoms with Crippen LogP contribution in [0, 0.1) is 13.8 Å². The Bertz CT molecular complexity index is 708. The Labute approximate surface area is 150 Å². The number of aliphatic hydroxyl groups excluding tert-OH is 1. The number of carbonyl (C=O) groups excluding carboxylic acids is 1. The highest BCUT2D eigenvalue weighted by atomic mass is 16.3. The van der Waals surface area contributed by atoms with Gasteiger partial charge in [-0.15, -0.1) is 0 Å². The highest BCUT2D eigenvalue weighted by Gasteiger charge is 2.38. The Morgan fingerprint density at radius 1 is 1.08 bits per heavy atom. The van der Waals surface area contributed by atoms with Gasteiger partial charge in [0.15, 0.2) is 0 Å². The summed E-state index contributed by atoms with van der Waals surface area (Å²) in [4.78, 5) is 15.0. The topological polar surface area (TPSA) is 52.6 Å². The number of benzene rings is 2. The molecule has 1 amide bonds. The predicted molar refractivity (Wildman–Crippen MR) is 102 cm³/mol. The molecule has 0 aliphatic rings. The van der Waals surface area contributed by atoms with Crippen LogP contribution >= 0.6 is 0 Å². The molecule has 4 heteroatoms. The van der Waals surface area contributed by atoms with Gasteiger partial charge < -0.3 is 10.4 Å². The second kappa shape index (κ2) is 7.81. The van der Waals surface area contributed by atoms with Crippen LogP contribution in [-0.2, 0) is 0 Å². The first-order valence-electron chi connectivity index (χ1n) is 8.51. The normalized spacial score (nSPS) is 14.8. The van der Waals surface area contributed by atoms with E-state index in [1.807, 2.05) is 88.3 Å². The van der Waals surface area contributed by atoms with Gasteiger partial charge in [0, 0.05) is 5.56 Å². The maximum absolute atomic E-state index is 13.0. The molecule has 2 aromatic carbocycles. The van der Waals surface area contributed by atoms with Crippen LogP contribution in [0.5, 0.6) is 0 Å². The third-order valence-corrected chi connectivity index (χ3v) is 5.08. The van der Waals surface area contributed by atoms with Crippen molar-refractivity contribution in [2.75, 3.05) is 20.7 Å². The highest BCUT2D eigenvalue weighted by molar-refractivity contribution is 5.97. The molecule has 0 bridgehead atoms. The van der Waals surface area contributed by atoms with Crippen LogP contribution in [-0.4, -0.2) is 42.2 Å². The first kappa shape index (κ1) is 19.2. The number of aliphatic hydroxyl groups is 1. The fourth-order valence-electron chi connectivity index (χ4n) is 3.11. The first-order chi connectivity index (χ1) is 11.8. The molecule has 0 radical (unpaired) electrons. The Balaban J connectivity index is 2.45. The zero-order valence-corrected chi connectivity index (χ0v) is 15.7. The molecule has 0 fully saturated rings. The summed E-state index contributed by atoms with van der Waals surface area (Å²) in [6, 6.07) is 15.3. The summed E-state index contributed by atoms with van der Waals surface area (Å²) in [6.07, 6.45) is 0. The van der Waals surface area contributed by atoms with E-state index in [1.54, 1.807) is 0 Å². The first-order valence-corrected chi connectivity index (χ1v) is 8.51. The Hall–Kier alpha value is -2.17. The molecule has 25 heavy (non-hydrogen) atoms. The molecule has 0 saturated carbocycles. The third kappa shape index (κ3) is 3.91. The molecule has 2 unspecified atom stereocenters. The van der Waals surface area contributed by atoms with E-state index in [1.165, 1.54) is 0 Å². The molecule has 0 spiro atoms. The van der Waals surface area contributed by atoms with Crippen molar-refractivity contribution in [1.29, 1.82) is 0 Å². The van der Waals surface area contributed by atoms with Crippen molar-refractivity contribution in [2.45, 2.75) is 32.4 Å². The van der Waals surface area contributed by atoms with E-state index in [9.17, 15) is 9.90 Å². The smallest absolute Gasteiger partial charge is 0.252 e. The van der Waals surface area contributed by atoms with Crippen LogP contribution in [0.3, 0.4) is 0 Å². The molecule has 0 aliphatic heterocycles. The van der Waals surface area contributed by atoms with Crippen LogP contribution < -0.4 is 5.32 Å². The molecule has 0 aliphatic carbocycles. The number of hydrogen-bond acceptors (Lipinski definition) is 3. The molecule has 2 aromatic rings. The molecule has 0 heterocycles. The van der Waals surface area contributed by atoms with Crippen LogP contribution in [0.2, 0.25) is 0 Å². The summed E-state index contributed by atoms with van der Waals surface area (Å²) in [6.45, 7) is 5.76. The van der Waals surface area contributed by atoms with Gasteiger partial charge in [-0.05, 0) is 51.6 Å². The van der Waals surface area contributed by atoms with Crippen LogP contribution in [0.25, 0.3) is 0 Å². The molecular weight excluding hydrogens is 312 g/mol. The number of hydrogen-bond donors (Lipinski definition) is 2. The fourth-order valence-corrected chi connectivity index (χ4v) is 3.11. The monoisotopic (exact) mass is 340 g/mol. The quantitative estimate of drug-likeness (QED) is 0.850. The fraction of sp³-hybridized carbons (Fsp3) is 0.381. The molecule has 0 aromatic heterocycles. The maximum atomic E-state index is 13.0. The average molecular weight is 340 g/mol. The molecule has 4 nitrogen and oxygen atoms in total. The van der Waals surface area contributed by atoms with Gasteiger partial charge in [-0.1, -0.05) is 48.5 Å². The summed E-state index contributed by atoms with van der Waals surface area (Å²) < 4.78 is 0. The largest absolute Gasteiger partial charge is 0.394 e. The van der Waals surface area contributed by atoms with Gasteiger partial charge in [-0.3, -0.25) is 9.69 Å². The number of nitrogens with zero attached hydrogens (tertiary/aromatic N) is 1. The van der Waals surface area contributed by atoms with Crippen molar-refractivity contribution >= 4 is 5.91 Å². The third-order valence-electron chi connectivity index (χ3n) is 5.08. The van der Waals surface area contributed by atoms with Crippen LogP contribution in [0.4, 0.5) is 0 Å². The average Bonchev–Trinajstić information content (AvgIpc) is 2.59. The zero-order valence-electron chi connectivity index (χ0n) is 15.7. The van der Waals surface area contributed by atoms with Crippen LogP contribution in [0.1, 0.15) is 40.0 Å². The van der Waals surface area contributed by atoms with E-state index >= 15 is 0 Å². The Morgan fingerprint density at radius 2 is 1.64 bits per heavy atom. The zero-order chi connectivity index (χ0) is 18.6. The van der Waals surface area contributed by atoms with Crippen molar-refractivity contribution in [3.8, 4) is 0 Å². The minimum atomic E-state index is -0.631. The standard InChI is InChI=1S/C21H28N2O2/c1-15-10-9-11-16(2)18(15)20(25)22-19(17-12-7-6-8-13-17)21(3,14-24)23(4)5/h6-13,19,24H,14H2,1-5H3,(H,22,25). The molecule has 134 valence electrons. The van der Waals surface area contributed by atoms with Gasteiger partial charge in [0.1, 0.15) is 0 Å². The number of carbonyl (C=O) groups is 1. The Kier molecular flexibility index (Phi) is 5.98. The summed E-state index contributed by atoms with van der Waals surface area (Å²) in [5.74, 6) is -0.119. The van der Waals surface area contributed by atoms with E-state index in [0.29, 0.717) is 5.56 Å². The maximum Gasteiger partial charge on any atom is 0.252 e. The molecule has 0 saturated heterocycles. The summed E-state index contributed by atoms with van der Waals surface area (Å²) >= 11 is 0. The molecule has 2 N–H and O–H groups in total. The number of amides is 1. The van der Waals surface area contributed by atoms with Gasteiger partial charge in [0.25, 0.3) is 5.91 Å². The minimum Gasteiger partial charge on any atom is -0.394 e. The van der Waals surface area contributed by atoms with Crippen molar-refractivity contribution in [1.82, 2.24) is 10.2 Å². The van der Waals surface area contributed by atoms with Crippen molar-refractivity contribution < 1.29 is 9.90 Å². The van der Waals surface area contributed by atoms with E-state index in [0.717, 1.165) is 16.7 Å². The SMILES string of the molecule is Cc1cccc(C)c1C(=O)NC(c1ccccc1)C(C)(CO)N(C)C. The summed E-state index contributed by atoms with van der Waals surface area (Å²) in [5, 5.41) is 13.3. The van der Waals surface area contributed by atoms with Crippen LogP contribution in [0.15, 0.2) is 48.5 Å². The summed E-state index contributed by atoms with van der Waals surface area (Å²) in [5.41, 5.74) is 2.92. The van der Waals surface area contributed by atoms with Gasteiger partial charge in [-0.2, -0.15) is 0 Å². The van der Waals surface area contributed by atoms with Gasteiger partial charge in [0.05, 0.1) is 18.2 Å². The van der Waals surface area contributed by atoms with Crippen molar-refractivity contribution in [2.24, 2.45) is 0 Å². The molecule has 2 rings (SSSR count). The number of aryl methyl sites for hydroxylation is 2. The lowest BCUT2D eigenvalue weighted by molar-refractivity contribution is 0.0447. The number of likely N-dealkylation sites (N-methyl/N-ethyl adjacent to an activating group) is 1. The van der Waals surface area contributed by atoms with Gasteiger partial charge >= 0.3 is 0 Å². The van der Waals surface area contributed by atoms with Crippen molar-refractivity contribution in [3.63, 3.8) is 0 Å². The van der Waals surface area contributed by atoms with Gasteiger partial charge in [-0.25, -0.2) is 0 Å². The highest BCUT2D eigenvalue weighted by Crippen LogP contribution is 2.30. The molecular formula is C21H28N2O2. The second-order valence-electron chi connectivity index (χ2n) is 6.99. The van der Waals surface area contributed by atoms with Crippen molar-refractivity contribution in [3.05, 3.63) is 70.8 Å². The van der Waals surface area contributed by atoms with E-state index < -0.39 is 5.54 Å².